The van der Waals surface area contributed by atoms with Crippen LogP contribution in [0.2, 0.25) is 0 Å². The lowest BCUT2D eigenvalue weighted by Crippen LogP contribution is -2.01. The van der Waals surface area contributed by atoms with Gasteiger partial charge in [0.1, 0.15) is 18.0 Å². The Morgan fingerprint density at radius 2 is 2.24 bits per heavy atom. The van der Waals surface area contributed by atoms with Gasteiger partial charge in [-0.25, -0.2) is 4.39 Å². The summed E-state index contributed by atoms with van der Waals surface area (Å²) in [5.41, 5.74) is 0.414. The van der Waals surface area contributed by atoms with E-state index in [0.717, 1.165) is 0 Å². The highest BCUT2D eigenvalue weighted by Gasteiger charge is 2.02. The Balaban J connectivity index is 2.77. The van der Waals surface area contributed by atoms with Crippen molar-refractivity contribution in [2.75, 3.05) is 13.7 Å². The highest BCUT2D eigenvalue weighted by atomic mass is 19.1. The Morgan fingerprint density at radius 1 is 1.47 bits per heavy atom. The summed E-state index contributed by atoms with van der Waals surface area (Å²) in [5.74, 6) is 4.98. The smallest absolute Gasteiger partial charge is 0.317 e. The van der Waals surface area contributed by atoms with E-state index in [0.29, 0.717) is 17.9 Å². The first-order valence-corrected chi connectivity index (χ1v) is 5.15. The Hall–Kier alpha value is -2.02. The van der Waals surface area contributed by atoms with E-state index in [4.69, 9.17) is 9.47 Å². The molecule has 0 atom stereocenters. The summed E-state index contributed by atoms with van der Waals surface area (Å²) in [6, 6.07) is 4.04. The van der Waals surface area contributed by atoms with Crippen LogP contribution in [0.4, 0.5) is 4.39 Å². The molecule has 0 saturated heterocycles. The molecule has 0 radical (unpaired) electrons. The SMILES string of the molecule is CCOC(=O)CC#Cc1cc(F)ccc1OC. The van der Waals surface area contributed by atoms with E-state index in [2.05, 4.69) is 11.8 Å². The molecule has 0 bridgehead atoms. The molecule has 3 nitrogen and oxygen atoms in total. The van der Waals surface area contributed by atoms with Crippen molar-refractivity contribution in [3.05, 3.63) is 29.6 Å². The van der Waals surface area contributed by atoms with Crippen molar-refractivity contribution in [3.63, 3.8) is 0 Å². The number of carbonyl (C=O) groups is 1. The first-order valence-electron chi connectivity index (χ1n) is 5.15. The minimum absolute atomic E-state index is 0.0203. The van der Waals surface area contributed by atoms with Crippen molar-refractivity contribution in [1.29, 1.82) is 0 Å². The van der Waals surface area contributed by atoms with Gasteiger partial charge in [0.05, 0.1) is 19.3 Å². The summed E-state index contributed by atoms with van der Waals surface area (Å²) in [6.07, 6.45) is -0.0203. The first-order chi connectivity index (χ1) is 8.17. The summed E-state index contributed by atoms with van der Waals surface area (Å²) in [7, 11) is 1.48. The predicted molar refractivity (Wildman–Crippen MR) is 61.1 cm³/mol. The van der Waals surface area contributed by atoms with Crippen LogP contribution in [0.5, 0.6) is 5.75 Å². The zero-order valence-electron chi connectivity index (χ0n) is 9.75. The van der Waals surface area contributed by atoms with Crippen molar-refractivity contribution in [2.45, 2.75) is 13.3 Å². The molecule has 0 amide bonds. The van der Waals surface area contributed by atoms with Crippen LogP contribution >= 0.6 is 0 Å². The fourth-order valence-electron chi connectivity index (χ4n) is 1.20. The highest BCUT2D eigenvalue weighted by molar-refractivity contribution is 5.72. The molecule has 0 N–H and O–H groups in total. The number of hydrogen-bond acceptors (Lipinski definition) is 3. The number of methoxy groups -OCH3 is 1. The third-order valence-corrected chi connectivity index (χ3v) is 1.92. The van der Waals surface area contributed by atoms with Crippen LogP contribution in [0.1, 0.15) is 18.9 Å². The van der Waals surface area contributed by atoms with E-state index >= 15 is 0 Å². The van der Waals surface area contributed by atoms with E-state index in [1.165, 1.54) is 25.3 Å². The number of hydrogen-bond donors (Lipinski definition) is 0. The fraction of sp³-hybridized carbons (Fsp3) is 0.308. The minimum Gasteiger partial charge on any atom is -0.495 e. The predicted octanol–water partition coefficient (Wildman–Crippen LogP) is 2.14. The van der Waals surface area contributed by atoms with Gasteiger partial charge in [0.25, 0.3) is 0 Å². The van der Waals surface area contributed by atoms with E-state index < -0.39 is 11.8 Å². The molecule has 4 heteroatoms. The van der Waals surface area contributed by atoms with Gasteiger partial charge in [-0.05, 0) is 25.1 Å². The van der Waals surface area contributed by atoms with Gasteiger partial charge in [-0.3, -0.25) is 4.79 Å². The standard InChI is InChI=1S/C13H13FO3/c1-3-17-13(15)6-4-5-10-9-11(14)7-8-12(10)16-2/h7-9H,3,6H2,1-2H3. The van der Waals surface area contributed by atoms with Gasteiger partial charge < -0.3 is 9.47 Å². The largest absolute Gasteiger partial charge is 0.495 e. The van der Waals surface area contributed by atoms with Crippen LogP contribution in [0, 0.1) is 17.7 Å². The molecule has 17 heavy (non-hydrogen) atoms. The van der Waals surface area contributed by atoms with E-state index in [9.17, 15) is 9.18 Å². The van der Waals surface area contributed by atoms with Crippen LogP contribution in [0.15, 0.2) is 18.2 Å². The summed E-state index contributed by atoms with van der Waals surface area (Å²) >= 11 is 0. The van der Waals surface area contributed by atoms with E-state index in [1.54, 1.807) is 6.92 Å². The third-order valence-electron chi connectivity index (χ3n) is 1.92. The number of esters is 1. The lowest BCUT2D eigenvalue weighted by molar-refractivity contribution is -0.141. The molecule has 0 unspecified atom stereocenters. The summed E-state index contributed by atoms with van der Waals surface area (Å²) in [4.78, 5) is 11.0. The van der Waals surface area contributed by atoms with Crippen LogP contribution in [-0.4, -0.2) is 19.7 Å². The lowest BCUT2D eigenvalue weighted by atomic mass is 10.2. The number of carbonyl (C=O) groups excluding carboxylic acids is 1. The molecule has 0 aliphatic rings. The molecular weight excluding hydrogens is 223 g/mol. The quantitative estimate of drug-likeness (QED) is 0.595. The van der Waals surface area contributed by atoms with Crippen molar-refractivity contribution in [3.8, 4) is 17.6 Å². The second-order valence-corrected chi connectivity index (χ2v) is 3.13. The van der Waals surface area contributed by atoms with E-state index in [-0.39, 0.29) is 6.42 Å². The van der Waals surface area contributed by atoms with Crippen LogP contribution in [0.25, 0.3) is 0 Å². The minimum atomic E-state index is -0.397. The van der Waals surface area contributed by atoms with Gasteiger partial charge in [-0.15, -0.1) is 0 Å². The number of halogens is 1. The van der Waals surface area contributed by atoms with Gasteiger partial charge in [0.15, 0.2) is 0 Å². The topological polar surface area (TPSA) is 35.5 Å². The molecule has 0 fully saturated rings. The van der Waals surface area contributed by atoms with E-state index in [1.807, 2.05) is 0 Å². The zero-order valence-corrected chi connectivity index (χ0v) is 9.75. The van der Waals surface area contributed by atoms with Gasteiger partial charge in [0, 0.05) is 0 Å². The van der Waals surface area contributed by atoms with Crippen LogP contribution in [-0.2, 0) is 9.53 Å². The van der Waals surface area contributed by atoms with Gasteiger partial charge in [0.2, 0.25) is 0 Å². The summed E-state index contributed by atoms with van der Waals surface area (Å²) in [6.45, 7) is 2.05. The maximum Gasteiger partial charge on any atom is 0.317 e. The molecule has 0 spiro atoms. The second kappa shape index (κ2) is 6.54. The number of ether oxygens (including phenoxy) is 2. The maximum absolute atomic E-state index is 13.0. The molecule has 0 aliphatic heterocycles. The molecule has 90 valence electrons. The highest BCUT2D eigenvalue weighted by Crippen LogP contribution is 2.17. The third kappa shape index (κ3) is 4.15. The normalized spacial score (nSPS) is 9.12. The van der Waals surface area contributed by atoms with Gasteiger partial charge in [-0.2, -0.15) is 0 Å². The monoisotopic (exact) mass is 236 g/mol. The van der Waals surface area contributed by atoms with Crippen molar-refractivity contribution < 1.29 is 18.7 Å². The summed E-state index contributed by atoms with van der Waals surface area (Å²) < 4.78 is 22.7. The maximum atomic E-state index is 13.0. The molecular formula is C13H13FO3. The molecule has 0 heterocycles. The Bertz CT molecular complexity index is 457. The zero-order chi connectivity index (χ0) is 12.7. The van der Waals surface area contributed by atoms with Gasteiger partial charge >= 0.3 is 5.97 Å². The van der Waals surface area contributed by atoms with Crippen molar-refractivity contribution in [1.82, 2.24) is 0 Å². The van der Waals surface area contributed by atoms with Crippen molar-refractivity contribution >= 4 is 5.97 Å². The Morgan fingerprint density at radius 3 is 2.88 bits per heavy atom. The molecule has 0 aliphatic carbocycles. The summed E-state index contributed by atoms with van der Waals surface area (Å²) in [5, 5.41) is 0. The molecule has 1 aromatic rings. The van der Waals surface area contributed by atoms with Crippen LogP contribution in [0.3, 0.4) is 0 Å². The molecule has 0 aromatic heterocycles. The average Bonchev–Trinajstić information content (AvgIpc) is 2.30. The van der Waals surface area contributed by atoms with Crippen LogP contribution < -0.4 is 4.74 Å². The number of benzene rings is 1. The second-order valence-electron chi connectivity index (χ2n) is 3.13. The molecule has 1 aromatic carbocycles. The first kappa shape index (κ1) is 13.0. The molecule has 1 rings (SSSR count). The number of rotatable bonds is 3. The molecule has 0 saturated carbocycles. The van der Waals surface area contributed by atoms with Crippen molar-refractivity contribution in [2.24, 2.45) is 0 Å². The fourth-order valence-corrected chi connectivity index (χ4v) is 1.20. The lowest BCUT2D eigenvalue weighted by Gasteiger charge is -2.02. The average molecular weight is 236 g/mol. The van der Waals surface area contributed by atoms with Gasteiger partial charge in [-0.1, -0.05) is 11.8 Å². The Kier molecular flexibility index (Phi) is 5.02. The Labute approximate surface area is 99.5 Å².